The fourth-order valence-corrected chi connectivity index (χ4v) is 5.00. The van der Waals surface area contributed by atoms with E-state index in [4.69, 9.17) is 23.2 Å². The Morgan fingerprint density at radius 3 is 2.73 bits per heavy atom. The molecule has 0 aliphatic heterocycles. The minimum absolute atomic E-state index is 0.188. The maximum absolute atomic E-state index is 12.2. The molecular weight excluding hydrogens is 481 g/mol. The average molecular weight is 498 g/mol. The van der Waals surface area contributed by atoms with Gasteiger partial charge in [0.2, 0.25) is 5.91 Å². The molecule has 3 heterocycles. The van der Waals surface area contributed by atoms with Crippen LogP contribution in [0.4, 0.5) is 5.82 Å². The van der Waals surface area contributed by atoms with Gasteiger partial charge in [-0.25, -0.2) is 4.98 Å². The summed E-state index contributed by atoms with van der Waals surface area (Å²) < 4.78 is 0. The summed E-state index contributed by atoms with van der Waals surface area (Å²) in [6, 6.07) is 11.0. The Morgan fingerprint density at radius 2 is 2.06 bits per heavy atom. The van der Waals surface area contributed by atoms with Gasteiger partial charge >= 0.3 is 0 Å². The second-order valence-electron chi connectivity index (χ2n) is 7.30. The van der Waals surface area contributed by atoms with Crippen LogP contribution in [0.15, 0.2) is 42.9 Å². The monoisotopic (exact) mass is 497 g/mol. The minimum atomic E-state index is -0.188. The first-order valence-electron chi connectivity index (χ1n) is 9.67. The summed E-state index contributed by atoms with van der Waals surface area (Å²) in [7, 11) is 3.62. The number of carbonyl (C=O) groups excluding carboxylic acids is 1. The molecule has 0 radical (unpaired) electrons. The Hall–Kier alpha value is -3.29. The van der Waals surface area contributed by atoms with Crippen molar-refractivity contribution in [3.8, 4) is 38.3 Å². The van der Waals surface area contributed by atoms with E-state index in [9.17, 15) is 10.1 Å². The van der Waals surface area contributed by atoms with Crippen LogP contribution in [0.1, 0.15) is 5.56 Å². The summed E-state index contributed by atoms with van der Waals surface area (Å²) >= 11 is 14.0. The van der Waals surface area contributed by atoms with E-state index < -0.39 is 0 Å². The molecule has 33 heavy (non-hydrogen) atoms. The first-order chi connectivity index (χ1) is 15.9. The third-order valence-electron chi connectivity index (χ3n) is 4.60. The van der Waals surface area contributed by atoms with E-state index in [0.717, 1.165) is 5.56 Å². The molecular formula is C22H17Cl2N7OS. The summed E-state index contributed by atoms with van der Waals surface area (Å²) in [4.78, 5) is 22.6. The van der Waals surface area contributed by atoms with Crippen molar-refractivity contribution in [2.75, 3.05) is 26.0 Å². The second kappa shape index (κ2) is 9.68. The lowest BCUT2D eigenvalue weighted by Crippen LogP contribution is -2.27. The van der Waals surface area contributed by atoms with Gasteiger partial charge in [0.05, 0.1) is 21.9 Å². The molecule has 0 aliphatic carbocycles. The molecule has 11 heteroatoms. The van der Waals surface area contributed by atoms with E-state index in [1.54, 1.807) is 41.4 Å². The molecule has 0 unspecified atom stereocenters. The Morgan fingerprint density at radius 1 is 1.24 bits per heavy atom. The van der Waals surface area contributed by atoms with Crippen LogP contribution in [0.25, 0.3) is 32.3 Å². The molecule has 4 rings (SSSR count). The quantitative estimate of drug-likeness (QED) is 0.390. The predicted molar refractivity (Wildman–Crippen MR) is 130 cm³/mol. The van der Waals surface area contributed by atoms with Crippen molar-refractivity contribution in [2.24, 2.45) is 0 Å². The first kappa shape index (κ1) is 22.9. The number of aromatic amines is 1. The zero-order valence-corrected chi connectivity index (χ0v) is 19.9. The van der Waals surface area contributed by atoms with Crippen LogP contribution in [-0.4, -0.2) is 51.6 Å². The second-order valence-corrected chi connectivity index (χ2v) is 9.16. The molecule has 3 aromatic heterocycles. The van der Waals surface area contributed by atoms with E-state index in [2.05, 4.69) is 31.6 Å². The Balaban J connectivity index is 1.87. The smallest absolute Gasteiger partial charge is 0.239 e. The van der Waals surface area contributed by atoms with Crippen LogP contribution in [0.2, 0.25) is 10.0 Å². The third-order valence-corrected chi connectivity index (χ3v) is 6.40. The molecule has 1 aromatic carbocycles. The van der Waals surface area contributed by atoms with Crippen molar-refractivity contribution in [1.82, 2.24) is 25.1 Å². The van der Waals surface area contributed by atoms with E-state index in [-0.39, 0.29) is 12.5 Å². The summed E-state index contributed by atoms with van der Waals surface area (Å²) in [5.74, 6) is 0.716. The lowest BCUT2D eigenvalue weighted by Gasteiger charge is -2.10. The number of anilines is 1. The highest BCUT2D eigenvalue weighted by Crippen LogP contribution is 2.48. The fourth-order valence-electron chi connectivity index (χ4n) is 3.28. The van der Waals surface area contributed by atoms with E-state index >= 15 is 0 Å². The number of pyridine rings is 1. The van der Waals surface area contributed by atoms with Gasteiger partial charge in [0, 0.05) is 27.4 Å². The fraction of sp³-hybridized carbons (Fsp3) is 0.136. The molecule has 0 saturated carbocycles. The van der Waals surface area contributed by atoms with Crippen molar-refractivity contribution in [2.45, 2.75) is 0 Å². The zero-order chi connectivity index (χ0) is 23.5. The van der Waals surface area contributed by atoms with Crippen LogP contribution in [0.3, 0.4) is 0 Å². The number of nitrogens with zero attached hydrogens (tertiary/aromatic N) is 5. The molecule has 0 fully saturated rings. The molecule has 4 aromatic rings. The number of carbonyl (C=O) groups is 1. The number of halogens is 2. The maximum Gasteiger partial charge on any atom is 0.239 e. The lowest BCUT2D eigenvalue weighted by molar-refractivity contribution is -0.116. The molecule has 2 N–H and O–H groups in total. The Labute approximate surface area is 203 Å². The van der Waals surface area contributed by atoms with Gasteiger partial charge < -0.3 is 15.2 Å². The number of benzene rings is 1. The van der Waals surface area contributed by atoms with Crippen molar-refractivity contribution in [3.05, 3.63) is 58.5 Å². The molecule has 0 bridgehead atoms. The summed E-state index contributed by atoms with van der Waals surface area (Å²) in [5.41, 5.74) is 2.43. The van der Waals surface area contributed by atoms with Gasteiger partial charge in [0.25, 0.3) is 0 Å². The van der Waals surface area contributed by atoms with E-state index in [1.165, 1.54) is 17.7 Å². The first-order valence-corrected chi connectivity index (χ1v) is 11.2. The highest BCUT2D eigenvalue weighted by Gasteiger charge is 2.25. The Kier molecular flexibility index (Phi) is 6.72. The number of rotatable bonds is 6. The molecule has 0 saturated heterocycles. The number of nitriles is 1. The minimum Gasteiger partial charge on any atom is -0.327 e. The van der Waals surface area contributed by atoms with Crippen molar-refractivity contribution < 1.29 is 4.79 Å². The van der Waals surface area contributed by atoms with Gasteiger partial charge in [-0.3, -0.25) is 4.79 Å². The lowest BCUT2D eigenvalue weighted by atomic mass is 9.98. The van der Waals surface area contributed by atoms with Gasteiger partial charge in [0.1, 0.15) is 18.2 Å². The number of likely N-dealkylation sites (N-methyl/N-ethyl adjacent to an activating group) is 1. The van der Waals surface area contributed by atoms with Gasteiger partial charge in [-0.15, -0.1) is 21.5 Å². The zero-order valence-electron chi connectivity index (χ0n) is 17.6. The van der Waals surface area contributed by atoms with Crippen molar-refractivity contribution in [1.29, 1.82) is 5.26 Å². The number of amides is 1. The van der Waals surface area contributed by atoms with Gasteiger partial charge in [-0.05, 0) is 43.9 Å². The molecule has 1 amide bonds. The summed E-state index contributed by atoms with van der Waals surface area (Å²) in [5, 5.41) is 21.8. The number of hydrogen-bond donors (Lipinski definition) is 2. The average Bonchev–Trinajstić information content (AvgIpc) is 3.41. The molecule has 166 valence electrons. The van der Waals surface area contributed by atoms with Crippen LogP contribution in [-0.2, 0) is 4.79 Å². The number of thiophene rings is 1. The van der Waals surface area contributed by atoms with Gasteiger partial charge in [0.15, 0.2) is 5.82 Å². The van der Waals surface area contributed by atoms with Crippen LogP contribution in [0, 0.1) is 11.3 Å². The van der Waals surface area contributed by atoms with Crippen molar-refractivity contribution >= 4 is 46.3 Å². The SMILES string of the molecule is CN(C)CC(=O)Nc1cc(-c2sc(-c3nnc[nH]3)c(-c3ccc(Cl)cc3Cl)c2C#N)ccn1. The van der Waals surface area contributed by atoms with Gasteiger partial charge in [-0.1, -0.05) is 29.3 Å². The normalized spacial score (nSPS) is 10.9. The number of aromatic nitrogens is 4. The topological polar surface area (TPSA) is 111 Å². The summed E-state index contributed by atoms with van der Waals surface area (Å²) in [6.07, 6.45) is 3.06. The number of hydrogen-bond acceptors (Lipinski definition) is 7. The standard InChI is InChI=1S/C22H17Cl2N7OS/c1-31(2)10-18(32)29-17-7-12(5-6-26-17)20-15(9-25)19(14-4-3-13(23)8-16(14)24)21(33-20)22-27-11-28-30-22/h3-8,11H,10H2,1-2H3,(H,26,29,32)(H,27,28,30). The molecule has 0 aliphatic rings. The largest absolute Gasteiger partial charge is 0.327 e. The highest BCUT2D eigenvalue weighted by molar-refractivity contribution is 7.19. The maximum atomic E-state index is 12.2. The van der Waals surface area contributed by atoms with E-state index in [0.29, 0.717) is 48.1 Å². The predicted octanol–water partition coefficient (Wildman–Crippen LogP) is 4.94. The Bertz CT molecular complexity index is 1360. The van der Waals surface area contributed by atoms with Gasteiger partial charge in [-0.2, -0.15) is 5.26 Å². The van der Waals surface area contributed by atoms with Crippen LogP contribution in [0.5, 0.6) is 0 Å². The van der Waals surface area contributed by atoms with Crippen LogP contribution >= 0.6 is 34.5 Å². The third kappa shape index (κ3) is 4.89. The van der Waals surface area contributed by atoms with Crippen LogP contribution < -0.4 is 5.32 Å². The number of H-pyrrole nitrogens is 1. The molecule has 0 spiro atoms. The summed E-state index contributed by atoms with van der Waals surface area (Å²) in [6.45, 7) is 0.225. The van der Waals surface area contributed by atoms with Crippen molar-refractivity contribution in [3.63, 3.8) is 0 Å². The molecule has 0 atom stereocenters. The van der Waals surface area contributed by atoms with E-state index in [1.807, 2.05) is 14.1 Å². The number of nitrogens with one attached hydrogen (secondary N) is 2. The molecule has 8 nitrogen and oxygen atoms in total. The highest BCUT2D eigenvalue weighted by atomic mass is 35.5.